The lowest BCUT2D eigenvalue weighted by atomic mass is 10.1. The molecule has 1 N–H and O–H groups in total. The van der Waals surface area contributed by atoms with E-state index in [1.54, 1.807) is 25.1 Å². The largest absolute Gasteiger partial charge is 0.271 e. The number of sulfonamides is 1. The van der Waals surface area contributed by atoms with E-state index in [0.717, 1.165) is 4.31 Å². The number of anilines is 1. The standard InChI is InChI=1S/C22H18Cl2N4O5S/c1-15(16-7-9-19(10-8-16)28(30)31)25-26-22(29)14-27(20-12-17(23)11-18(24)13-20)34(32,33)21-5-3-2-4-6-21/h2-13H,14H2,1H3,(H,26,29)/b25-15-. The van der Waals surface area contributed by atoms with Crippen molar-refractivity contribution in [2.75, 3.05) is 10.8 Å². The lowest BCUT2D eigenvalue weighted by molar-refractivity contribution is -0.384. The van der Waals surface area contributed by atoms with Crippen molar-refractivity contribution >= 4 is 56.2 Å². The molecule has 12 heteroatoms. The average molecular weight is 521 g/mol. The Bertz CT molecular complexity index is 1330. The van der Waals surface area contributed by atoms with E-state index in [9.17, 15) is 23.3 Å². The number of halogens is 2. The van der Waals surface area contributed by atoms with Gasteiger partial charge in [-0.05, 0) is 55.0 Å². The van der Waals surface area contributed by atoms with Gasteiger partial charge in [0.1, 0.15) is 6.54 Å². The molecular weight excluding hydrogens is 503 g/mol. The molecule has 0 atom stereocenters. The number of amides is 1. The average Bonchev–Trinajstić information content (AvgIpc) is 2.80. The quantitative estimate of drug-likeness (QED) is 0.263. The lowest BCUT2D eigenvalue weighted by Crippen LogP contribution is -2.39. The zero-order valence-electron chi connectivity index (χ0n) is 17.7. The maximum Gasteiger partial charge on any atom is 0.269 e. The van der Waals surface area contributed by atoms with Crippen LogP contribution in [0.1, 0.15) is 12.5 Å². The second kappa shape index (κ2) is 10.6. The topological polar surface area (TPSA) is 122 Å². The maximum atomic E-state index is 13.3. The summed E-state index contributed by atoms with van der Waals surface area (Å²) in [6.45, 7) is 0.988. The number of hydrogen-bond donors (Lipinski definition) is 1. The van der Waals surface area contributed by atoms with Crippen LogP contribution < -0.4 is 9.73 Å². The van der Waals surface area contributed by atoms with Crippen LogP contribution in [0.4, 0.5) is 11.4 Å². The summed E-state index contributed by atoms with van der Waals surface area (Å²) in [7, 11) is -4.14. The summed E-state index contributed by atoms with van der Waals surface area (Å²) >= 11 is 12.1. The van der Waals surface area contributed by atoms with E-state index in [-0.39, 0.29) is 26.3 Å². The van der Waals surface area contributed by atoms with E-state index in [1.165, 1.54) is 54.6 Å². The van der Waals surface area contributed by atoms with Gasteiger partial charge in [-0.15, -0.1) is 0 Å². The van der Waals surface area contributed by atoms with E-state index in [1.807, 2.05) is 0 Å². The molecule has 0 aliphatic rings. The molecule has 3 rings (SSSR count). The highest BCUT2D eigenvalue weighted by molar-refractivity contribution is 7.92. The fourth-order valence-corrected chi connectivity index (χ4v) is 4.86. The second-order valence-electron chi connectivity index (χ2n) is 6.99. The second-order valence-corrected chi connectivity index (χ2v) is 9.72. The Hall–Kier alpha value is -3.47. The predicted octanol–water partition coefficient (Wildman–Crippen LogP) is 4.64. The van der Waals surface area contributed by atoms with Crippen LogP contribution in [0.25, 0.3) is 0 Å². The summed E-state index contributed by atoms with van der Waals surface area (Å²) < 4.78 is 27.5. The van der Waals surface area contributed by atoms with Gasteiger partial charge in [0.25, 0.3) is 21.6 Å². The summed E-state index contributed by atoms with van der Waals surface area (Å²) in [6.07, 6.45) is 0. The van der Waals surface area contributed by atoms with Gasteiger partial charge in [-0.3, -0.25) is 19.2 Å². The number of carbonyl (C=O) groups excluding carboxylic acids is 1. The van der Waals surface area contributed by atoms with Gasteiger partial charge >= 0.3 is 0 Å². The molecule has 0 radical (unpaired) electrons. The first-order valence-electron chi connectivity index (χ1n) is 9.70. The van der Waals surface area contributed by atoms with Crippen molar-refractivity contribution in [3.63, 3.8) is 0 Å². The third kappa shape index (κ3) is 6.10. The fourth-order valence-electron chi connectivity index (χ4n) is 2.92. The zero-order chi connectivity index (χ0) is 24.9. The first kappa shape index (κ1) is 25.2. The molecule has 0 aliphatic carbocycles. The van der Waals surface area contributed by atoms with Gasteiger partial charge in [0.15, 0.2) is 0 Å². The minimum atomic E-state index is -4.14. The van der Waals surface area contributed by atoms with Gasteiger partial charge in [-0.25, -0.2) is 13.8 Å². The highest BCUT2D eigenvalue weighted by Crippen LogP contribution is 2.29. The lowest BCUT2D eigenvalue weighted by Gasteiger charge is -2.24. The number of benzene rings is 3. The number of nitro benzene ring substituents is 1. The molecule has 0 heterocycles. The van der Waals surface area contributed by atoms with E-state index < -0.39 is 27.4 Å². The first-order chi connectivity index (χ1) is 16.1. The number of hydrazone groups is 1. The van der Waals surface area contributed by atoms with Gasteiger partial charge in [0, 0.05) is 22.2 Å². The Labute approximate surface area is 205 Å². The molecule has 0 spiro atoms. The number of nitrogens with zero attached hydrogens (tertiary/aromatic N) is 3. The Morgan fingerprint density at radius 3 is 2.18 bits per heavy atom. The molecule has 3 aromatic carbocycles. The normalized spacial score (nSPS) is 11.7. The number of hydrogen-bond acceptors (Lipinski definition) is 6. The molecule has 3 aromatic rings. The van der Waals surface area contributed by atoms with E-state index in [0.29, 0.717) is 11.3 Å². The monoisotopic (exact) mass is 520 g/mol. The molecular formula is C22H18Cl2N4O5S. The minimum absolute atomic E-state index is 0.0236. The fraction of sp³-hybridized carbons (Fsp3) is 0.0909. The number of nitro groups is 1. The summed E-state index contributed by atoms with van der Waals surface area (Å²) in [5.41, 5.74) is 3.25. The van der Waals surface area contributed by atoms with Gasteiger partial charge in [-0.2, -0.15) is 5.10 Å². The first-order valence-corrected chi connectivity index (χ1v) is 11.9. The number of non-ortho nitro benzene ring substituents is 1. The molecule has 0 aliphatic heterocycles. The van der Waals surface area contributed by atoms with Crippen LogP contribution >= 0.6 is 23.2 Å². The molecule has 0 aromatic heterocycles. The Morgan fingerprint density at radius 2 is 1.62 bits per heavy atom. The van der Waals surface area contributed by atoms with E-state index in [4.69, 9.17) is 23.2 Å². The predicted molar refractivity (Wildman–Crippen MR) is 131 cm³/mol. The number of carbonyl (C=O) groups is 1. The van der Waals surface area contributed by atoms with Gasteiger partial charge < -0.3 is 0 Å². The summed E-state index contributed by atoms with van der Waals surface area (Å²) in [5, 5.41) is 15.2. The van der Waals surface area contributed by atoms with Crippen molar-refractivity contribution < 1.29 is 18.1 Å². The number of nitrogens with one attached hydrogen (secondary N) is 1. The molecule has 9 nitrogen and oxygen atoms in total. The highest BCUT2D eigenvalue weighted by Gasteiger charge is 2.27. The van der Waals surface area contributed by atoms with E-state index in [2.05, 4.69) is 10.5 Å². The zero-order valence-corrected chi connectivity index (χ0v) is 20.0. The molecule has 0 fully saturated rings. The van der Waals surface area contributed by atoms with Gasteiger partial charge in [0.05, 0.1) is 21.2 Å². The van der Waals surface area contributed by atoms with Gasteiger partial charge in [0.2, 0.25) is 0 Å². The summed E-state index contributed by atoms with van der Waals surface area (Å²) in [4.78, 5) is 22.9. The van der Waals surface area contributed by atoms with Crippen LogP contribution in [0.5, 0.6) is 0 Å². The van der Waals surface area contributed by atoms with Crippen molar-refractivity contribution in [3.8, 4) is 0 Å². The Kier molecular flexibility index (Phi) is 7.87. The third-order valence-corrected chi connectivity index (χ3v) is 6.82. The van der Waals surface area contributed by atoms with Crippen molar-refractivity contribution in [2.45, 2.75) is 11.8 Å². The molecule has 0 saturated heterocycles. The Balaban J connectivity index is 1.86. The molecule has 34 heavy (non-hydrogen) atoms. The highest BCUT2D eigenvalue weighted by atomic mass is 35.5. The molecule has 176 valence electrons. The van der Waals surface area contributed by atoms with Crippen LogP contribution in [0.2, 0.25) is 10.0 Å². The molecule has 1 amide bonds. The van der Waals surface area contributed by atoms with Crippen molar-refractivity contribution in [3.05, 3.63) is 98.5 Å². The SMILES string of the molecule is C/C(=N/NC(=O)CN(c1cc(Cl)cc(Cl)c1)S(=O)(=O)c1ccccc1)c1ccc([N+](=O)[O-])cc1. The van der Waals surface area contributed by atoms with Crippen molar-refractivity contribution in [1.29, 1.82) is 0 Å². The van der Waals surface area contributed by atoms with Gasteiger partial charge in [-0.1, -0.05) is 41.4 Å². The van der Waals surface area contributed by atoms with Crippen LogP contribution in [-0.4, -0.2) is 31.5 Å². The number of rotatable bonds is 8. The minimum Gasteiger partial charge on any atom is -0.271 e. The maximum absolute atomic E-state index is 13.3. The van der Waals surface area contributed by atoms with Crippen molar-refractivity contribution in [2.24, 2.45) is 5.10 Å². The van der Waals surface area contributed by atoms with Crippen LogP contribution in [-0.2, 0) is 14.8 Å². The summed E-state index contributed by atoms with van der Waals surface area (Å²) in [6, 6.07) is 17.4. The molecule has 0 unspecified atom stereocenters. The van der Waals surface area contributed by atoms with Crippen LogP contribution in [0.3, 0.4) is 0 Å². The van der Waals surface area contributed by atoms with E-state index >= 15 is 0 Å². The smallest absolute Gasteiger partial charge is 0.269 e. The third-order valence-electron chi connectivity index (χ3n) is 4.60. The Morgan fingerprint density at radius 1 is 1.03 bits per heavy atom. The summed E-state index contributed by atoms with van der Waals surface area (Å²) in [5.74, 6) is -0.725. The van der Waals surface area contributed by atoms with Crippen LogP contribution in [0, 0.1) is 10.1 Å². The molecule has 0 bridgehead atoms. The van der Waals surface area contributed by atoms with Crippen LogP contribution in [0.15, 0.2) is 82.8 Å². The van der Waals surface area contributed by atoms with Crippen molar-refractivity contribution in [1.82, 2.24) is 5.43 Å². The molecule has 0 saturated carbocycles.